The molecule has 0 bridgehead atoms. The normalized spacial score (nSPS) is 10.7. The predicted molar refractivity (Wildman–Crippen MR) is 102 cm³/mol. The van der Waals surface area contributed by atoms with E-state index in [1.54, 1.807) is 30.5 Å². The van der Waals surface area contributed by atoms with E-state index in [1.807, 2.05) is 36.4 Å². The van der Waals surface area contributed by atoms with Gasteiger partial charge < -0.3 is 4.74 Å². The van der Waals surface area contributed by atoms with Crippen LogP contribution < -0.4 is 10.2 Å². The summed E-state index contributed by atoms with van der Waals surface area (Å²) in [5.41, 5.74) is 4.69. The van der Waals surface area contributed by atoms with Crippen molar-refractivity contribution in [1.29, 1.82) is 0 Å². The van der Waals surface area contributed by atoms with Crippen LogP contribution in [-0.2, 0) is 6.61 Å². The average molecular weight is 366 g/mol. The number of rotatable bonds is 6. The van der Waals surface area contributed by atoms with E-state index >= 15 is 0 Å². The van der Waals surface area contributed by atoms with Gasteiger partial charge in [0.15, 0.2) is 0 Å². The summed E-state index contributed by atoms with van der Waals surface area (Å²) in [5.74, 6) is 0.260. The highest BCUT2D eigenvalue weighted by Crippen LogP contribution is 2.25. The van der Waals surface area contributed by atoms with Crippen LogP contribution in [0, 0.1) is 0 Å². The number of hydrogen-bond donors (Lipinski definition) is 1. The van der Waals surface area contributed by atoms with Crippen molar-refractivity contribution >= 4 is 23.7 Å². The summed E-state index contributed by atoms with van der Waals surface area (Å²) in [5, 5.41) is 4.41. The molecular weight excluding hydrogens is 350 g/mol. The predicted octanol–water partition coefficient (Wildman–Crippen LogP) is 4.08. The quantitative estimate of drug-likeness (QED) is 0.529. The summed E-state index contributed by atoms with van der Waals surface area (Å²) >= 11 is 6.25. The van der Waals surface area contributed by atoms with E-state index in [0.717, 1.165) is 11.1 Å². The van der Waals surface area contributed by atoms with Crippen LogP contribution in [0.1, 0.15) is 21.5 Å². The second-order valence-electron chi connectivity index (χ2n) is 5.40. The number of aromatic nitrogens is 1. The Kier molecular flexibility index (Phi) is 5.96. The Morgan fingerprint density at radius 1 is 1.15 bits per heavy atom. The van der Waals surface area contributed by atoms with Gasteiger partial charge in [-0.05, 0) is 41.5 Å². The van der Waals surface area contributed by atoms with Crippen molar-refractivity contribution in [3.05, 3.63) is 94.8 Å². The summed E-state index contributed by atoms with van der Waals surface area (Å²) < 4.78 is 5.73. The number of pyridine rings is 1. The van der Waals surface area contributed by atoms with Gasteiger partial charge in [-0.1, -0.05) is 41.9 Å². The standard InChI is InChI=1S/C20H16ClN3O2/c21-18-11-16(12-23-24-20(25)17-7-4-10-22-13-17)8-9-19(18)26-14-15-5-2-1-3-6-15/h1-13H,14H2,(H,24,25)/b23-12-. The fourth-order valence-electron chi connectivity index (χ4n) is 2.18. The van der Waals surface area contributed by atoms with Crippen LogP contribution in [0.15, 0.2) is 78.2 Å². The minimum Gasteiger partial charge on any atom is -0.487 e. The largest absolute Gasteiger partial charge is 0.487 e. The van der Waals surface area contributed by atoms with Crippen LogP contribution in [0.25, 0.3) is 0 Å². The number of ether oxygens (including phenoxy) is 1. The molecular formula is C20H16ClN3O2. The monoisotopic (exact) mass is 365 g/mol. The highest BCUT2D eigenvalue weighted by Gasteiger charge is 2.04. The Balaban J connectivity index is 1.58. The Labute approximate surface area is 156 Å². The van der Waals surface area contributed by atoms with Crippen molar-refractivity contribution in [3.63, 3.8) is 0 Å². The molecule has 1 N–H and O–H groups in total. The Bertz CT molecular complexity index is 899. The fraction of sp³-hybridized carbons (Fsp3) is 0.0500. The first-order valence-corrected chi connectivity index (χ1v) is 8.30. The van der Waals surface area contributed by atoms with Crippen molar-refractivity contribution in [1.82, 2.24) is 10.4 Å². The molecule has 0 aliphatic heterocycles. The molecule has 0 radical (unpaired) electrons. The lowest BCUT2D eigenvalue weighted by Crippen LogP contribution is -2.17. The minimum atomic E-state index is -0.330. The maximum Gasteiger partial charge on any atom is 0.272 e. The van der Waals surface area contributed by atoms with Crippen LogP contribution in [0.4, 0.5) is 0 Å². The van der Waals surface area contributed by atoms with Gasteiger partial charge in [0.2, 0.25) is 0 Å². The molecule has 2 aromatic carbocycles. The van der Waals surface area contributed by atoms with Gasteiger partial charge in [-0.15, -0.1) is 0 Å². The van der Waals surface area contributed by atoms with E-state index in [2.05, 4.69) is 15.5 Å². The van der Waals surface area contributed by atoms with E-state index in [4.69, 9.17) is 16.3 Å². The number of benzene rings is 2. The molecule has 0 aliphatic carbocycles. The molecule has 3 rings (SSSR count). The molecule has 0 fully saturated rings. The van der Waals surface area contributed by atoms with Gasteiger partial charge in [-0.3, -0.25) is 9.78 Å². The highest BCUT2D eigenvalue weighted by molar-refractivity contribution is 6.32. The number of hydrazone groups is 1. The Hall–Kier alpha value is -3.18. The SMILES string of the molecule is O=C(N/N=C\c1ccc(OCc2ccccc2)c(Cl)c1)c1cccnc1. The van der Waals surface area contributed by atoms with Gasteiger partial charge in [-0.2, -0.15) is 5.10 Å². The van der Waals surface area contributed by atoms with Crippen molar-refractivity contribution in [3.8, 4) is 5.75 Å². The lowest BCUT2D eigenvalue weighted by Gasteiger charge is -2.08. The molecule has 1 heterocycles. The van der Waals surface area contributed by atoms with Crippen LogP contribution in [0.5, 0.6) is 5.75 Å². The molecule has 0 spiro atoms. The number of nitrogens with zero attached hydrogens (tertiary/aromatic N) is 2. The van der Waals surface area contributed by atoms with E-state index in [-0.39, 0.29) is 5.91 Å². The van der Waals surface area contributed by atoms with Crippen LogP contribution >= 0.6 is 11.6 Å². The maximum atomic E-state index is 11.9. The van der Waals surface area contributed by atoms with E-state index in [9.17, 15) is 4.79 Å². The molecule has 3 aromatic rings. The number of carbonyl (C=O) groups excluding carboxylic acids is 1. The lowest BCUT2D eigenvalue weighted by atomic mass is 10.2. The van der Waals surface area contributed by atoms with Crippen LogP contribution in [-0.4, -0.2) is 17.1 Å². The van der Waals surface area contributed by atoms with Gasteiger partial charge in [0.05, 0.1) is 16.8 Å². The molecule has 1 aromatic heterocycles. The van der Waals surface area contributed by atoms with E-state index in [0.29, 0.717) is 22.9 Å². The van der Waals surface area contributed by atoms with Gasteiger partial charge in [0.25, 0.3) is 5.91 Å². The summed E-state index contributed by atoms with van der Waals surface area (Å²) in [6.07, 6.45) is 4.59. The first-order chi connectivity index (χ1) is 12.7. The van der Waals surface area contributed by atoms with Crippen molar-refractivity contribution in [2.75, 3.05) is 0 Å². The summed E-state index contributed by atoms with van der Waals surface area (Å²) in [6.45, 7) is 0.440. The van der Waals surface area contributed by atoms with E-state index in [1.165, 1.54) is 12.4 Å². The Morgan fingerprint density at radius 2 is 2.00 bits per heavy atom. The van der Waals surface area contributed by atoms with Gasteiger partial charge in [-0.25, -0.2) is 5.43 Å². The number of halogens is 1. The first kappa shape index (κ1) is 17.6. The van der Waals surface area contributed by atoms with E-state index < -0.39 is 0 Å². The zero-order valence-electron chi connectivity index (χ0n) is 13.8. The number of hydrogen-bond acceptors (Lipinski definition) is 4. The second kappa shape index (κ2) is 8.78. The Morgan fingerprint density at radius 3 is 2.73 bits per heavy atom. The topological polar surface area (TPSA) is 63.6 Å². The third kappa shape index (κ3) is 4.91. The van der Waals surface area contributed by atoms with Gasteiger partial charge in [0, 0.05) is 12.4 Å². The third-order valence-corrected chi connectivity index (χ3v) is 3.79. The smallest absolute Gasteiger partial charge is 0.272 e. The maximum absolute atomic E-state index is 11.9. The lowest BCUT2D eigenvalue weighted by molar-refractivity contribution is 0.0955. The molecule has 6 heteroatoms. The third-order valence-electron chi connectivity index (χ3n) is 3.50. The summed E-state index contributed by atoms with van der Waals surface area (Å²) in [6, 6.07) is 18.5. The number of amides is 1. The highest BCUT2D eigenvalue weighted by atomic mass is 35.5. The zero-order chi connectivity index (χ0) is 18.2. The van der Waals surface area contributed by atoms with Crippen molar-refractivity contribution in [2.24, 2.45) is 5.10 Å². The van der Waals surface area contributed by atoms with Crippen LogP contribution in [0.3, 0.4) is 0 Å². The van der Waals surface area contributed by atoms with Gasteiger partial charge >= 0.3 is 0 Å². The number of nitrogens with one attached hydrogen (secondary N) is 1. The molecule has 26 heavy (non-hydrogen) atoms. The molecule has 0 unspecified atom stereocenters. The molecule has 0 saturated carbocycles. The molecule has 0 saturated heterocycles. The van der Waals surface area contributed by atoms with Crippen molar-refractivity contribution < 1.29 is 9.53 Å². The number of carbonyl (C=O) groups is 1. The molecule has 5 nitrogen and oxygen atoms in total. The second-order valence-corrected chi connectivity index (χ2v) is 5.81. The van der Waals surface area contributed by atoms with Crippen LogP contribution in [0.2, 0.25) is 5.02 Å². The minimum absolute atomic E-state index is 0.330. The molecule has 0 atom stereocenters. The first-order valence-electron chi connectivity index (χ1n) is 7.92. The molecule has 1 amide bonds. The fourth-order valence-corrected chi connectivity index (χ4v) is 2.42. The zero-order valence-corrected chi connectivity index (χ0v) is 14.6. The summed E-state index contributed by atoms with van der Waals surface area (Å²) in [4.78, 5) is 15.8. The molecule has 130 valence electrons. The van der Waals surface area contributed by atoms with Crippen molar-refractivity contribution in [2.45, 2.75) is 6.61 Å². The molecule has 0 aliphatic rings. The summed E-state index contributed by atoms with van der Waals surface area (Å²) in [7, 11) is 0. The average Bonchev–Trinajstić information content (AvgIpc) is 2.69. The van der Waals surface area contributed by atoms with Gasteiger partial charge in [0.1, 0.15) is 12.4 Å².